The third-order valence-corrected chi connectivity index (χ3v) is 4.07. The van der Waals surface area contributed by atoms with Gasteiger partial charge >= 0.3 is 0 Å². The van der Waals surface area contributed by atoms with Crippen LogP contribution >= 0.6 is 11.6 Å². The number of nitriles is 1. The molecule has 0 bridgehead atoms. The summed E-state index contributed by atoms with van der Waals surface area (Å²) in [5.41, 5.74) is 0.518. The first-order chi connectivity index (χ1) is 13.0. The van der Waals surface area contributed by atoms with Crippen LogP contribution in [0.3, 0.4) is 0 Å². The van der Waals surface area contributed by atoms with Crippen LogP contribution in [0, 0.1) is 21.4 Å². The Hall–Kier alpha value is -3.69. The lowest BCUT2D eigenvalue weighted by atomic mass is 10.0. The van der Waals surface area contributed by atoms with Crippen LogP contribution in [0.5, 0.6) is 0 Å². The Kier molecular flexibility index (Phi) is 5.15. The SMILES string of the molecule is N#CC(=Cc1ccc(-c2cc([N+](=O)[O-])ccc2Cl)o1)C(=O)c1ccccc1. The van der Waals surface area contributed by atoms with E-state index in [1.54, 1.807) is 42.5 Å². The zero-order chi connectivity index (χ0) is 19.4. The van der Waals surface area contributed by atoms with E-state index in [1.165, 1.54) is 24.3 Å². The van der Waals surface area contributed by atoms with Gasteiger partial charge in [0.25, 0.3) is 5.69 Å². The molecule has 0 aliphatic rings. The van der Waals surface area contributed by atoms with Crippen molar-refractivity contribution in [1.82, 2.24) is 0 Å². The number of non-ortho nitro benzene ring substituents is 1. The van der Waals surface area contributed by atoms with Crippen molar-refractivity contribution in [2.24, 2.45) is 0 Å². The van der Waals surface area contributed by atoms with Crippen LogP contribution < -0.4 is 0 Å². The van der Waals surface area contributed by atoms with Crippen molar-refractivity contribution in [3.8, 4) is 17.4 Å². The number of halogens is 1. The maximum Gasteiger partial charge on any atom is 0.270 e. The van der Waals surface area contributed by atoms with Gasteiger partial charge in [0.05, 0.1) is 9.95 Å². The highest BCUT2D eigenvalue weighted by Gasteiger charge is 2.16. The van der Waals surface area contributed by atoms with Gasteiger partial charge in [-0.05, 0) is 18.2 Å². The molecule has 0 saturated heterocycles. The van der Waals surface area contributed by atoms with E-state index in [2.05, 4.69) is 0 Å². The van der Waals surface area contributed by atoms with Crippen LogP contribution in [0.4, 0.5) is 5.69 Å². The number of furan rings is 1. The summed E-state index contributed by atoms with van der Waals surface area (Å²) in [5, 5.41) is 20.5. The molecule has 3 rings (SSSR count). The number of ketones is 1. The third-order valence-electron chi connectivity index (χ3n) is 3.74. The Labute approximate surface area is 159 Å². The summed E-state index contributed by atoms with van der Waals surface area (Å²) >= 11 is 6.10. The van der Waals surface area contributed by atoms with Gasteiger partial charge < -0.3 is 4.42 Å². The number of allylic oxidation sites excluding steroid dienone is 1. The van der Waals surface area contributed by atoms with Crippen molar-refractivity contribution in [3.63, 3.8) is 0 Å². The number of nitro groups is 1. The maximum atomic E-state index is 12.4. The number of hydrogen-bond acceptors (Lipinski definition) is 5. The molecule has 0 unspecified atom stereocenters. The minimum absolute atomic E-state index is 0.0905. The first kappa shape index (κ1) is 18.1. The van der Waals surface area contributed by atoms with Gasteiger partial charge in [0.1, 0.15) is 23.2 Å². The molecule has 27 heavy (non-hydrogen) atoms. The molecule has 0 radical (unpaired) electrons. The molecule has 0 saturated carbocycles. The quantitative estimate of drug-likeness (QED) is 0.197. The number of nitro benzene ring substituents is 1. The molecule has 0 aliphatic carbocycles. The summed E-state index contributed by atoms with van der Waals surface area (Å²) in [7, 11) is 0. The van der Waals surface area contributed by atoms with Crippen molar-refractivity contribution in [3.05, 3.63) is 92.7 Å². The van der Waals surface area contributed by atoms with Crippen molar-refractivity contribution in [1.29, 1.82) is 5.26 Å². The molecule has 0 aliphatic heterocycles. The topological polar surface area (TPSA) is 97.1 Å². The second-order valence-corrected chi connectivity index (χ2v) is 5.90. The van der Waals surface area contributed by atoms with Gasteiger partial charge in [0, 0.05) is 29.3 Å². The van der Waals surface area contributed by atoms with Gasteiger partial charge in [0.15, 0.2) is 0 Å². The highest BCUT2D eigenvalue weighted by atomic mass is 35.5. The normalized spacial score (nSPS) is 11.0. The van der Waals surface area contributed by atoms with Crippen LogP contribution in [-0.2, 0) is 0 Å². The lowest BCUT2D eigenvalue weighted by Crippen LogP contribution is -2.01. The van der Waals surface area contributed by atoms with Crippen molar-refractivity contribution in [2.45, 2.75) is 0 Å². The highest BCUT2D eigenvalue weighted by molar-refractivity contribution is 6.33. The molecular weight excluding hydrogens is 368 g/mol. The van der Waals surface area contributed by atoms with E-state index >= 15 is 0 Å². The van der Waals surface area contributed by atoms with E-state index in [-0.39, 0.29) is 22.0 Å². The van der Waals surface area contributed by atoms with E-state index in [0.29, 0.717) is 16.9 Å². The lowest BCUT2D eigenvalue weighted by Gasteiger charge is -2.01. The van der Waals surface area contributed by atoms with Crippen LogP contribution in [-0.4, -0.2) is 10.7 Å². The molecular formula is C20H11ClN2O4. The average molecular weight is 379 g/mol. The van der Waals surface area contributed by atoms with Crippen LogP contribution in [0.15, 0.2) is 70.7 Å². The Bertz CT molecular complexity index is 1090. The summed E-state index contributed by atoms with van der Waals surface area (Å²) in [6.07, 6.45) is 1.32. The predicted octanol–water partition coefficient (Wildman–Crippen LogP) is 5.30. The lowest BCUT2D eigenvalue weighted by molar-refractivity contribution is -0.384. The smallest absolute Gasteiger partial charge is 0.270 e. The number of benzene rings is 2. The standard InChI is InChI=1S/C20H11ClN2O4/c21-18-8-6-15(23(25)26)11-17(18)19-9-7-16(27-19)10-14(12-22)20(24)13-4-2-1-3-5-13/h1-11H. The first-order valence-electron chi connectivity index (χ1n) is 7.75. The van der Waals surface area contributed by atoms with Crippen molar-refractivity contribution >= 4 is 29.1 Å². The molecule has 0 fully saturated rings. The van der Waals surface area contributed by atoms with Gasteiger partial charge in [-0.2, -0.15) is 5.26 Å². The maximum absolute atomic E-state index is 12.4. The zero-order valence-electron chi connectivity index (χ0n) is 13.8. The molecule has 0 N–H and O–H groups in total. The Balaban J connectivity index is 1.95. The molecule has 6 nitrogen and oxygen atoms in total. The van der Waals surface area contributed by atoms with Crippen LogP contribution in [0.2, 0.25) is 5.02 Å². The largest absolute Gasteiger partial charge is 0.457 e. The second kappa shape index (κ2) is 7.68. The molecule has 0 amide bonds. The fraction of sp³-hybridized carbons (Fsp3) is 0. The second-order valence-electron chi connectivity index (χ2n) is 5.49. The molecule has 0 spiro atoms. The zero-order valence-corrected chi connectivity index (χ0v) is 14.5. The number of nitrogens with zero attached hydrogens (tertiary/aromatic N) is 2. The molecule has 2 aromatic carbocycles. The van der Waals surface area contributed by atoms with E-state index < -0.39 is 10.7 Å². The van der Waals surface area contributed by atoms with Crippen molar-refractivity contribution < 1.29 is 14.1 Å². The van der Waals surface area contributed by atoms with Gasteiger partial charge in [0.2, 0.25) is 5.78 Å². The average Bonchev–Trinajstić information content (AvgIpc) is 3.14. The van der Waals surface area contributed by atoms with Gasteiger partial charge in [-0.1, -0.05) is 41.9 Å². The molecule has 1 heterocycles. The fourth-order valence-corrected chi connectivity index (χ4v) is 2.64. The molecule has 132 valence electrons. The highest BCUT2D eigenvalue weighted by Crippen LogP contribution is 2.33. The van der Waals surface area contributed by atoms with Gasteiger partial charge in [-0.15, -0.1) is 0 Å². The molecule has 7 heteroatoms. The van der Waals surface area contributed by atoms with Gasteiger partial charge in [-0.25, -0.2) is 0 Å². The fourth-order valence-electron chi connectivity index (χ4n) is 2.43. The third kappa shape index (κ3) is 3.94. The monoisotopic (exact) mass is 378 g/mol. The Morgan fingerprint density at radius 3 is 2.56 bits per heavy atom. The molecule has 1 aromatic heterocycles. The number of hydrogen-bond donors (Lipinski definition) is 0. The van der Waals surface area contributed by atoms with Crippen molar-refractivity contribution in [2.75, 3.05) is 0 Å². The van der Waals surface area contributed by atoms with E-state index in [1.807, 2.05) is 6.07 Å². The summed E-state index contributed by atoms with van der Waals surface area (Å²) in [5.74, 6) is 0.122. The predicted molar refractivity (Wildman–Crippen MR) is 100 cm³/mol. The van der Waals surface area contributed by atoms with Crippen LogP contribution in [0.1, 0.15) is 16.1 Å². The van der Waals surface area contributed by atoms with Crippen LogP contribution in [0.25, 0.3) is 17.4 Å². The number of rotatable bonds is 5. The summed E-state index contributed by atoms with van der Waals surface area (Å²) in [6.45, 7) is 0. The Morgan fingerprint density at radius 1 is 1.15 bits per heavy atom. The van der Waals surface area contributed by atoms with E-state index in [4.69, 9.17) is 16.0 Å². The minimum Gasteiger partial charge on any atom is -0.457 e. The summed E-state index contributed by atoms with van der Waals surface area (Å²) in [6, 6.07) is 17.4. The van der Waals surface area contributed by atoms with E-state index in [0.717, 1.165) is 0 Å². The van der Waals surface area contributed by atoms with E-state index in [9.17, 15) is 20.2 Å². The summed E-state index contributed by atoms with van der Waals surface area (Å²) in [4.78, 5) is 22.8. The molecule has 0 atom stereocenters. The minimum atomic E-state index is -0.532. The first-order valence-corrected chi connectivity index (χ1v) is 8.13. The number of carbonyl (C=O) groups is 1. The summed E-state index contributed by atoms with van der Waals surface area (Å²) < 4.78 is 5.62. The number of carbonyl (C=O) groups excluding carboxylic acids is 1. The number of Topliss-reactive ketones (excluding diaryl/α,β-unsaturated/α-hetero) is 1. The Morgan fingerprint density at radius 2 is 1.89 bits per heavy atom. The molecule has 3 aromatic rings. The van der Waals surface area contributed by atoms with Gasteiger partial charge in [-0.3, -0.25) is 14.9 Å².